The number of hydrogen-bond donors (Lipinski definition) is 3. The summed E-state index contributed by atoms with van der Waals surface area (Å²) in [4.78, 5) is 36.7. The molecule has 3 rings (SSSR count). The number of allylic oxidation sites excluding steroid dienone is 1. The molecule has 3 N–H and O–H groups in total. The van der Waals surface area contributed by atoms with Crippen LogP contribution < -0.4 is 25.5 Å². The maximum absolute atomic E-state index is 13.1. The van der Waals surface area contributed by atoms with Gasteiger partial charge in [-0.15, -0.1) is 6.58 Å². The van der Waals surface area contributed by atoms with Gasteiger partial charge in [0.25, 0.3) is 5.91 Å². The number of halogens is 4. The molecule has 0 saturated carbocycles. The number of ether oxygens (including phenoxy) is 2. The molecule has 0 aliphatic heterocycles. The minimum absolute atomic E-state index is 0.0374. The van der Waals surface area contributed by atoms with Gasteiger partial charge in [0, 0.05) is 29.8 Å². The molecule has 0 aliphatic carbocycles. The van der Waals surface area contributed by atoms with Crippen molar-refractivity contribution in [3.05, 3.63) is 95.8 Å². The van der Waals surface area contributed by atoms with Gasteiger partial charge in [0.05, 0.1) is 18.4 Å². The Morgan fingerprint density at radius 3 is 2.30 bits per heavy atom. The van der Waals surface area contributed by atoms with Gasteiger partial charge in [0.1, 0.15) is 5.82 Å². The maximum Gasteiger partial charge on any atom is 0.416 e. The first-order valence-electron chi connectivity index (χ1n) is 13.4. The lowest BCUT2D eigenvalue weighted by atomic mass is 10.1. The van der Waals surface area contributed by atoms with Crippen LogP contribution in [0.25, 0.3) is 0 Å². The summed E-state index contributed by atoms with van der Waals surface area (Å²) >= 11 is 0. The summed E-state index contributed by atoms with van der Waals surface area (Å²) < 4.78 is 63.2. The number of nitrogens with zero attached hydrogens (tertiary/aromatic N) is 1. The highest BCUT2D eigenvalue weighted by Gasteiger charge is 2.30. The van der Waals surface area contributed by atoms with E-state index in [2.05, 4.69) is 27.7 Å². The molecule has 0 unspecified atom stereocenters. The van der Waals surface area contributed by atoms with Gasteiger partial charge in [-0.3, -0.25) is 14.4 Å². The third-order valence-electron chi connectivity index (χ3n) is 5.75. The predicted octanol–water partition coefficient (Wildman–Crippen LogP) is 5.86. The molecule has 0 bridgehead atoms. The molecular formula is C31H30F4N4O5. The zero-order valence-corrected chi connectivity index (χ0v) is 23.7. The molecule has 0 heterocycles. The van der Waals surface area contributed by atoms with Crippen LogP contribution in [0.4, 0.5) is 28.9 Å². The average Bonchev–Trinajstić information content (AvgIpc) is 2.97. The highest BCUT2D eigenvalue weighted by atomic mass is 19.4. The van der Waals surface area contributed by atoms with Crippen molar-refractivity contribution in [3.63, 3.8) is 0 Å². The van der Waals surface area contributed by atoms with E-state index in [1.807, 2.05) is 0 Å². The van der Waals surface area contributed by atoms with Crippen LogP contribution in [0, 0.1) is 5.82 Å². The molecule has 0 radical (unpaired) electrons. The predicted molar refractivity (Wildman–Crippen MR) is 157 cm³/mol. The lowest BCUT2D eigenvalue weighted by Gasteiger charge is -2.16. The number of hydrazone groups is 1. The second kappa shape index (κ2) is 15.9. The number of rotatable bonds is 14. The summed E-state index contributed by atoms with van der Waals surface area (Å²) in [6.45, 7) is 5.44. The Labute approximate surface area is 250 Å². The minimum atomic E-state index is -4.55. The van der Waals surface area contributed by atoms with E-state index in [1.54, 1.807) is 25.1 Å². The lowest BCUT2D eigenvalue weighted by molar-refractivity contribution is -0.137. The van der Waals surface area contributed by atoms with Crippen molar-refractivity contribution in [2.75, 3.05) is 23.8 Å². The standard InChI is InChI=1S/C31H30F4N4O5/c1-3-6-21-15-20(16-26(43-4-2)30(21)44-19-29(42)37-24-11-9-23(32)10-12-24)18-36-39-28(41)14-13-27(40)38-25-8-5-7-22(17-25)31(33,34)35/h3,5,7-12,15-18H,1,4,6,13-14,19H2,2H3,(H,37,42)(H,38,40)(H,39,41). The van der Waals surface area contributed by atoms with Crippen molar-refractivity contribution in [1.29, 1.82) is 0 Å². The quantitative estimate of drug-likeness (QED) is 0.0911. The molecule has 0 saturated heterocycles. The van der Waals surface area contributed by atoms with Crippen LogP contribution in [0.5, 0.6) is 11.5 Å². The summed E-state index contributed by atoms with van der Waals surface area (Å²) in [7, 11) is 0. The first-order chi connectivity index (χ1) is 21.0. The van der Waals surface area contributed by atoms with Crippen LogP contribution in [-0.4, -0.2) is 37.1 Å². The molecule has 3 aromatic rings. The summed E-state index contributed by atoms with van der Waals surface area (Å²) in [5.41, 5.74) is 2.91. The van der Waals surface area contributed by atoms with Crippen LogP contribution in [0.1, 0.15) is 36.5 Å². The van der Waals surface area contributed by atoms with Crippen molar-refractivity contribution in [3.8, 4) is 11.5 Å². The van der Waals surface area contributed by atoms with Gasteiger partial charge in [-0.05, 0) is 73.5 Å². The second-order valence-electron chi connectivity index (χ2n) is 9.20. The molecule has 0 spiro atoms. The van der Waals surface area contributed by atoms with E-state index < -0.39 is 35.3 Å². The highest BCUT2D eigenvalue weighted by molar-refractivity contribution is 5.93. The number of anilines is 2. The minimum Gasteiger partial charge on any atom is -0.490 e. The lowest BCUT2D eigenvalue weighted by Crippen LogP contribution is -2.21. The van der Waals surface area contributed by atoms with E-state index in [9.17, 15) is 31.9 Å². The van der Waals surface area contributed by atoms with E-state index in [0.29, 0.717) is 34.7 Å². The smallest absolute Gasteiger partial charge is 0.416 e. The largest absolute Gasteiger partial charge is 0.490 e. The summed E-state index contributed by atoms with van der Waals surface area (Å²) in [5, 5.41) is 8.85. The van der Waals surface area contributed by atoms with Crippen molar-refractivity contribution in [2.45, 2.75) is 32.4 Å². The van der Waals surface area contributed by atoms with E-state index >= 15 is 0 Å². The fraction of sp³-hybridized carbons (Fsp3) is 0.226. The number of carbonyl (C=O) groups excluding carboxylic acids is 3. The third kappa shape index (κ3) is 10.6. The van der Waals surface area contributed by atoms with Crippen LogP contribution in [0.2, 0.25) is 0 Å². The van der Waals surface area contributed by atoms with Crippen molar-refractivity contribution < 1.29 is 41.4 Å². The molecule has 3 amide bonds. The molecule has 0 aromatic heterocycles. The van der Waals surface area contributed by atoms with Gasteiger partial charge < -0.3 is 20.1 Å². The maximum atomic E-state index is 13.1. The first-order valence-corrected chi connectivity index (χ1v) is 13.4. The fourth-order valence-electron chi connectivity index (χ4n) is 3.82. The second-order valence-corrected chi connectivity index (χ2v) is 9.20. The Bertz CT molecular complexity index is 1510. The van der Waals surface area contributed by atoms with E-state index in [-0.39, 0.29) is 31.7 Å². The Hall–Kier alpha value is -5.20. The van der Waals surface area contributed by atoms with E-state index in [0.717, 1.165) is 12.1 Å². The number of alkyl halides is 3. The number of benzene rings is 3. The van der Waals surface area contributed by atoms with Crippen molar-refractivity contribution in [2.24, 2.45) is 5.10 Å². The Balaban J connectivity index is 1.59. The SMILES string of the molecule is C=CCc1cc(C=NNC(=O)CCC(=O)Nc2cccc(C(F)(F)F)c2)cc(OCC)c1OCC(=O)Nc1ccc(F)cc1. The van der Waals surface area contributed by atoms with Crippen LogP contribution in [0.15, 0.2) is 78.4 Å². The molecule has 0 atom stereocenters. The molecule has 13 heteroatoms. The van der Waals surface area contributed by atoms with Gasteiger partial charge in [-0.25, -0.2) is 9.82 Å². The van der Waals surface area contributed by atoms with Crippen molar-refractivity contribution in [1.82, 2.24) is 5.43 Å². The molecule has 0 aliphatic rings. The number of nitrogens with one attached hydrogen (secondary N) is 3. The normalized spacial score (nSPS) is 11.1. The topological polar surface area (TPSA) is 118 Å². The average molecular weight is 615 g/mol. The first kappa shape index (κ1) is 33.3. The number of hydrogen-bond acceptors (Lipinski definition) is 6. The van der Waals surface area contributed by atoms with E-state index in [1.165, 1.54) is 42.6 Å². The number of amides is 3. The Morgan fingerprint density at radius 1 is 0.909 bits per heavy atom. The van der Waals surface area contributed by atoms with Crippen LogP contribution >= 0.6 is 0 Å². The van der Waals surface area contributed by atoms with Gasteiger partial charge in [0.15, 0.2) is 18.1 Å². The number of carbonyl (C=O) groups is 3. The monoisotopic (exact) mass is 614 g/mol. The van der Waals surface area contributed by atoms with Gasteiger partial charge in [-0.1, -0.05) is 12.1 Å². The Morgan fingerprint density at radius 2 is 1.61 bits per heavy atom. The molecule has 9 nitrogen and oxygen atoms in total. The molecule has 3 aromatic carbocycles. The summed E-state index contributed by atoms with van der Waals surface area (Å²) in [5.74, 6) is -1.50. The van der Waals surface area contributed by atoms with Crippen LogP contribution in [-0.2, 0) is 27.0 Å². The van der Waals surface area contributed by atoms with Gasteiger partial charge in [0.2, 0.25) is 11.8 Å². The van der Waals surface area contributed by atoms with Crippen molar-refractivity contribution >= 4 is 35.3 Å². The van der Waals surface area contributed by atoms with Gasteiger partial charge >= 0.3 is 6.18 Å². The molecule has 232 valence electrons. The van der Waals surface area contributed by atoms with E-state index in [4.69, 9.17) is 9.47 Å². The zero-order chi connectivity index (χ0) is 32.1. The highest BCUT2D eigenvalue weighted by Crippen LogP contribution is 2.34. The van der Waals surface area contributed by atoms with Crippen LogP contribution in [0.3, 0.4) is 0 Å². The molecule has 0 fully saturated rings. The zero-order valence-electron chi connectivity index (χ0n) is 23.7. The molecular weight excluding hydrogens is 584 g/mol. The molecule has 44 heavy (non-hydrogen) atoms. The summed E-state index contributed by atoms with van der Waals surface area (Å²) in [6.07, 6.45) is -1.77. The van der Waals surface area contributed by atoms with Gasteiger partial charge in [-0.2, -0.15) is 18.3 Å². The fourth-order valence-corrected chi connectivity index (χ4v) is 3.82. The Kier molecular flexibility index (Phi) is 12.0. The summed E-state index contributed by atoms with van der Waals surface area (Å²) in [6, 6.07) is 12.8. The third-order valence-corrected chi connectivity index (χ3v) is 5.75.